The fraction of sp³-hybridized carbons (Fsp3) is 0.238. The zero-order valence-corrected chi connectivity index (χ0v) is 18.1. The minimum atomic E-state index is -0.554. The first-order valence-electron chi connectivity index (χ1n) is 9.34. The number of ether oxygens (including phenoxy) is 1. The van der Waals surface area contributed by atoms with E-state index in [1.807, 2.05) is 19.1 Å². The van der Waals surface area contributed by atoms with E-state index in [0.717, 1.165) is 21.9 Å². The highest BCUT2D eigenvalue weighted by molar-refractivity contribution is 6.01. The number of carbonyl (C=O) groups is 2. The van der Waals surface area contributed by atoms with Crippen LogP contribution in [0.5, 0.6) is 0 Å². The number of benzene rings is 1. The van der Waals surface area contributed by atoms with Gasteiger partial charge in [-0.05, 0) is 48.1 Å². The number of hydrogen-bond donors (Lipinski definition) is 3. The molecule has 3 N–H and O–H groups in total. The molecule has 164 valence electrons. The van der Waals surface area contributed by atoms with E-state index in [9.17, 15) is 14.0 Å². The lowest BCUT2D eigenvalue weighted by Gasteiger charge is -2.15. The van der Waals surface area contributed by atoms with Gasteiger partial charge in [-0.2, -0.15) is 4.39 Å². The molecular formula is C21H23ClFN5O3. The molecule has 31 heavy (non-hydrogen) atoms. The molecule has 0 radical (unpaired) electrons. The van der Waals surface area contributed by atoms with Crippen LogP contribution in [0.25, 0.3) is 21.9 Å². The summed E-state index contributed by atoms with van der Waals surface area (Å²) in [7, 11) is 1.29. The summed E-state index contributed by atoms with van der Waals surface area (Å²) in [6.07, 6.45) is 2.47. The van der Waals surface area contributed by atoms with Gasteiger partial charge in [-0.1, -0.05) is 12.1 Å². The van der Waals surface area contributed by atoms with Crippen LogP contribution in [0, 0.1) is 12.9 Å². The summed E-state index contributed by atoms with van der Waals surface area (Å²) in [6.45, 7) is 4.17. The summed E-state index contributed by atoms with van der Waals surface area (Å²) in [5.74, 6) is -0.202. The van der Waals surface area contributed by atoms with Crippen molar-refractivity contribution in [3.05, 3.63) is 53.7 Å². The molecule has 0 unspecified atom stereocenters. The maximum absolute atomic E-state index is 14.1. The molecule has 0 saturated heterocycles. The fourth-order valence-corrected chi connectivity index (χ4v) is 3.12. The van der Waals surface area contributed by atoms with Crippen molar-refractivity contribution in [1.29, 1.82) is 0 Å². The van der Waals surface area contributed by atoms with E-state index in [1.54, 1.807) is 25.3 Å². The van der Waals surface area contributed by atoms with Gasteiger partial charge in [-0.25, -0.2) is 19.6 Å². The van der Waals surface area contributed by atoms with E-state index in [2.05, 4.69) is 30.7 Å². The van der Waals surface area contributed by atoms with Crippen molar-refractivity contribution >= 4 is 41.1 Å². The number of pyridine rings is 2. The Balaban J connectivity index is 0.00000341. The summed E-state index contributed by atoms with van der Waals surface area (Å²) >= 11 is 0. The van der Waals surface area contributed by atoms with E-state index in [4.69, 9.17) is 0 Å². The topological polar surface area (TPSA) is 105 Å². The molecule has 3 amide bonds. The predicted octanol–water partition coefficient (Wildman–Crippen LogP) is 4.16. The number of nitrogens with zero attached hydrogens (tertiary/aromatic N) is 2. The van der Waals surface area contributed by atoms with Gasteiger partial charge in [0, 0.05) is 36.4 Å². The van der Waals surface area contributed by atoms with Gasteiger partial charge in [0.05, 0.1) is 7.11 Å². The number of fused-ring (bicyclic) bond motifs is 1. The highest BCUT2D eigenvalue weighted by atomic mass is 35.5. The van der Waals surface area contributed by atoms with Gasteiger partial charge >= 0.3 is 12.1 Å². The van der Waals surface area contributed by atoms with Crippen molar-refractivity contribution in [2.45, 2.75) is 20.4 Å². The summed E-state index contributed by atoms with van der Waals surface area (Å²) < 4.78 is 18.7. The van der Waals surface area contributed by atoms with Crippen molar-refractivity contribution in [2.24, 2.45) is 0 Å². The third kappa shape index (κ3) is 5.37. The Morgan fingerprint density at radius 1 is 1.10 bits per heavy atom. The minimum Gasteiger partial charge on any atom is -0.453 e. The molecule has 0 aliphatic heterocycles. The maximum atomic E-state index is 14.1. The SMILES string of the molecule is CCNC(=O)Nc1cc2c(-c3ccnc(F)c3C)ccc(CNC(=O)OC)c2cn1.Cl. The zero-order valence-electron chi connectivity index (χ0n) is 17.3. The Hall–Kier alpha value is -3.46. The van der Waals surface area contributed by atoms with Crippen LogP contribution in [0.4, 0.5) is 19.8 Å². The van der Waals surface area contributed by atoms with E-state index < -0.39 is 12.0 Å². The summed E-state index contributed by atoms with van der Waals surface area (Å²) in [5.41, 5.74) is 2.64. The molecule has 10 heteroatoms. The Morgan fingerprint density at radius 2 is 1.87 bits per heavy atom. The van der Waals surface area contributed by atoms with E-state index in [-0.39, 0.29) is 25.0 Å². The lowest BCUT2D eigenvalue weighted by Crippen LogP contribution is -2.28. The first-order chi connectivity index (χ1) is 14.4. The lowest BCUT2D eigenvalue weighted by molar-refractivity contribution is 0.170. The molecule has 0 bridgehead atoms. The number of methoxy groups -OCH3 is 1. The molecular weight excluding hydrogens is 425 g/mol. The molecule has 0 fully saturated rings. The van der Waals surface area contributed by atoms with E-state index in [0.29, 0.717) is 23.5 Å². The number of amides is 3. The van der Waals surface area contributed by atoms with Crippen LogP contribution in [-0.4, -0.2) is 35.7 Å². The van der Waals surface area contributed by atoms with E-state index >= 15 is 0 Å². The number of urea groups is 1. The van der Waals surface area contributed by atoms with Crippen molar-refractivity contribution in [3.63, 3.8) is 0 Å². The first-order valence-corrected chi connectivity index (χ1v) is 9.34. The van der Waals surface area contributed by atoms with Gasteiger partial charge in [-0.3, -0.25) is 5.32 Å². The molecule has 3 rings (SSSR count). The number of nitrogens with one attached hydrogen (secondary N) is 3. The third-order valence-corrected chi connectivity index (χ3v) is 4.61. The van der Waals surface area contributed by atoms with Gasteiger partial charge in [0.15, 0.2) is 0 Å². The van der Waals surface area contributed by atoms with Crippen molar-refractivity contribution < 1.29 is 18.7 Å². The van der Waals surface area contributed by atoms with Crippen LogP contribution >= 0.6 is 12.4 Å². The number of aromatic nitrogens is 2. The lowest BCUT2D eigenvalue weighted by atomic mass is 9.94. The highest BCUT2D eigenvalue weighted by Gasteiger charge is 2.14. The molecule has 8 nitrogen and oxygen atoms in total. The van der Waals surface area contributed by atoms with E-state index in [1.165, 1.54) is 13.3 Å². The molecule has 2 heterocycles. The van der Waals surface area contributed by atoms with Gasteiger partial charge < -0.3 is 15.4 Å². The van der Waals surface area contributed by atoms with Gasteiger partial charge in [0.2, 0.25) is 5.95 Å². The first kappa shape index (κ1) is 23.8. The van der Waals surface area contributed by atoms with Crippen LogP contribution in [-0.2, 0) is 11.3 Å². The van der Waals surface area contributed by atoms with Crippen LogP contribution in [0.1, 0.15) is 18.1 Å². The molecule has 0 spiro atoms. The fourth-order valence-electron chi connectivity index (χ4n) is 3.12. The Labute approximate surface area is 185 Å². The third-order valence-electron chi connectivity index (χ3n) is 4.61. The molecule has 0 atom stereocenters. The molecule has 0 aliphatic rings. The largest absolute Gasteiger partial charge is 0.453 e. The van der Waals surface area contributed by atoms with Crippen LogP contribution in [0.2, 0.25) is 0 Å². The average Bonchev–Trinajstić information content (AvgIpc) is 2.74. The van der Waals surface area contributed by atoms with Gasteiger partial charge in [-0.15, -0.1) is 12.4 Å². The normalized spacial score (nSPS) is 10.2. The number of alkyl carbamates (subject to hydrolysis) is 1. The monoisotopic (exact) mass is 447 g/mol. The summed E-state index contributed by atoms with van der Waals surface area (Å²) in [5, 5.41) is 9.47. The number of halogens is 2. The number of hydrogen-bond acceptors (Lipinski definition) is 5. The Kier molecular flexibility index (Phi) is 8.09. The number of anilines is 1. The number of rotatable bonds is 5. The van der Waals surface area contributed by atoms with Gasteiger partial charge in [0.25, 0.3) is 0 Å². The molecule has 0 saturated carbocycles. The van der Waals surface area contributed by atoms with Crippen molar-refractivity contribution in [1.82, 2.24) is 20.6 Å². The van der Waals surface area contributed by atoms with Crippen molar-refractivity contribution in [3.8, 4) is 11.1 Å². The number of carbonyl (C=O) groups excluding carboxylic acids is 2. The molecule has 3 aromatic rings. The van der Waals surface area contributed by atoms with Crippen LogP contribution < -0.4 is 16.0 Å². The summed E-state index contributed by atoms with van der Waals surface area (Å²) in [4.78, 5) is 31.4. The average molecular weight is 448 g/mol. The predicted molar refractivity (Wildman–Crippen MR) is 119 cm³/mol. The Bertz CT molecular complexity index is 1110. The second-order valence-corrected chi connectivity index (χ2v) is 6.49. The second-order valence-electron chi connectivity index (χ2n) is 6.49. The Morgan fingerprint density at radius 3 is 2.58 bits per heavy atom. The molecule has 0 aliphatic carbocycles. The zero-order chi connectivity index (χ0) is 21.7. The molecule has 2 aromatic heterocycles. The maximum Gasteiger partial charge on any atom is 0.407 e. The standard InChI is InChI=1S/C21H22FN5O3.ClH/c1-4-23-20(28)27-18-9-16-15(14-7-8-24-19(22)12(14)2)6-5-13(17(16)11-25-18)10-26-21(29)30-3;/h5-9,11H,4,10H2,1-3H3,(H,26,29)(H2,23,25,27,28);1H. The van der Waals surface area contributed by atoms with Crippen LogP contribution in [0.15, 0.2) is 36.7 Å². The highest BCUT2D eigenvalue weighted by Crippen LogP contribution is 2.34. The quantitative estimate of drug-likeness (QED) is 0.509. The second kappa shape index (κ2) is 10.5. The summed E-state index contributed by atoms with van der Waals surface area (Å²) in [6, 6.07) is 6.76. The molecule has 1 aromatic carbocycles. The van der Waals surface area contributed by atoms with Crippen molar-refractivity contribution in [2.75, 3.05) is 19.0 Å². The van der Waals surface area contributed by atoms with Gasteiger partial charge in [0.1, 0.15) is 5.82 Å². The minimum absolute atomic E-state index is 0. The van der Waals surface area contributed by atoms with Crippen LogP contribution in [0.3, 0.4) is 0 Å². The smallest absolute Gasteiger partial charge is 0.407 e.